The second kappa shape index (κ2) is 9.48. The summed E-state index contributed by atoms with van der Waals surface area (Å²) in [6, 6.07) is 0. The van der Waals surface area contributed by atoms with Gasteiger partial charge >= 0.3 is 5.97 Å². The highest BCUT2D eigenvalue weighted by Crippen LogP contribution is 1.98. The SMILES string of the molecule is CCCCOO/C=C(\COCC)C(=O)O. The van der Waals surface area contributed by atoms with Crippen molar-refractivity contribution in [2.75, 3.05) is 19.8 Å². The molecule has 15 heavy (non-hydrogen) atoms. The second-order valence-corrected chi connectivity index (χ2v) is 2.86. The van der Waals surface area contributed by atoms with Crippen LogP contribution in [-0.2, 0) is 19.3 Å². The molecule has 0 aliphatic rings. The molecule has 1 N–H and O–H groups in total. The van der Waals surface area contributed by atoms with E-state index in [2.05, 4.69) is 4.89 Å². The molecule has 0 saturated heterocycles. The van der Waals surface area contributed by atoms with Crippen molar-refractivity contribution in [3.63, 3.8) is 0 Å². The van der Waals surface area contributed by atoms with Crippen molar-refractivity contribution >= 4 is 5.97 Å². The van der Waals surface area contributed by atoms with Gasteiger partial charge in [0.2, 0.25) is 0 Å². The number of carboxylic acid groups (broad SMARTS) is 1. The monoisotopic (exact) mass is 218 g/mol. The Morgan fingerprint density at radius 1 is 1.40 bits per heavy atom. The zero-order chi connectivity index (χ0) is 11.5. The summed E-state index contributed by atoms with van der Waals surface area (Å²) in [5.74, 6) is -1.07. The van der Waals surface area contributed by atoms with Crippen molar-refractivity contribution < 1.29 is 24.4 Å². The Morgan fingerprint density at radius 2 is 2.13 bits per heavy atom. The molecule has 5 nitrogen and oxygen atoms in total. The van der Waals surface area contributed by atoms with Crippen molar-refractivity contribution in [1.29, 1.82) is 0 Å². The first kappa shape index (κ1) is 13.9. The normalized spacial score (nSPS) is 11.5. The van der Waals surface area contributed by atoms with Gasteiger partial charge in [-0.05, 0) is 13.3 Å². The lowest BCUT2D eigenvalue weighted by Gasteiger charge is -2.03. The Labute approximate surface area is 89.6 Å². The third kappa shape index (κ3) is 7.96. The fourth-order valence-corrected chi connectivity index (χ4v) is 0.702. The van der Waals surface area contributed by atoms with Gasteiger partial charge < -0.3 is 14.7 Å². The molecule has 0 rings (SSSR count). The summed E-state index contributed by atoms with van der Waals surface area (Å²) in [7, 11) is 0. The van der Waals surface area contributed by atoms with Crippen LogP contribution < -0.4 is 0 Å². The summed E-state index contributed by atoms with van der Waals surface area (Å²) >= 11 is 0. The van der Waals surface area contributed by atoms with Gasteiger partial charge in [-0.2, -0.15) is 4.89 Å². The number of hydrogen-bond acceptors (Lipinski definition) is 4. The molecule has 0 aliphatic carbocycles. The summed E-state index contributed by atoms with van der Waals surface area (Å²) in [6.07, 6.45) is 2.94. The molecule has 0 aromatic rings. The molecule has 0 aromatic carbocycles. The smallest absolute Gasteiger partial charge is 0.337 e. The standard InChI is InChI=1S/C10H18O5/c1-3-5-6-14-15-8-9(10(11)12)7-13-4-2/h8H,3-7H2,1-2H3,(H,11,12)/b9-8+. The molecule has 0 fully saturated rings. The second-order valence-electron chi connectivity index (χ2n) is 2.86. The maximum Gasteiger partial charge on any atom is 0.337 e. The van der Waals surface area contributed by atoms with Crippen LogP contribution in [0.1, 0.15) is 26.7 Å². The van der Waals surface area contributed by atoms with E-state index >= 15 is 0 Å². The quantitative estimate of drug-likeness (QED) is 0.210. The molecule has 0 aromatic heterocycles. The zero-order valence-electron chi connectivity index (χ0n) is 9.19. The zero-order valence-corrected chi connectivity index (χ0v) is 9.19. The van der Waals surface area contributed by atoms with Crippen LogP contribution in [0.4, 0.5) is 0 Å². The Bertz CT molecular complexity index is 200. The fraction of sp³-hybridized carbons (Fsp3) is 0.700. The van der Waals surface area contributed by atoms with Gasteiger partial charge in [-0.3, -0.25) is 0 Å². The van der Waals surface area contributed by atoms with Gasteiger partial charge in [-0.1, -0.05) is 13.3 Å². The molecule has 0 saturated carbocycles. The van der Waals surface area contributed by atoms with Crippen LogP contribution in [0.15, 0.2) is 11.8 Å². The van der Waals surface area contributed by atoms with Crippen LogP contribution in [0.5, 0.6) is 0 Å². The molecule has 5 heteroatoms. The largest absolute Gasteiger partial charge is 0.478 e. The van der Waals surface area contributed by atoms with Gasteiger partial charge in [0.15, 0.2) is 0 Å². The minimum atomic E-state index is -1.07. The van der Waals surface area contributed by atoms with E-state index in [1.165, 1.54) is 0 Å². The first-order chi connectivity index (χ1) is 7.22. The minimum Gasteiger partial charge on any atom is -0.478 e. The van der Waals surface area contributed by atoms with E-state index in [1.54, 1.807) is 6.92 Å². The maximum absolute atomic E-state index is 10.6. The van der Waals surface area contributed by atoms with Crippen LogP contribution in [0.2, 0.25) is 0 Å². The van der Waals surface area contributed by atoms with Crippen LogP contribution in [0, 0.1) is 0 Å². The summed E-state index contributed by atoms with van der Waals surface area (Å²) in [5.41, 5.74) is 0.0355. The molecular formula is C10H18O5. The summed E-state index contributed by atoms with van der Waals surface area (Å²) in [6.45, 7) is 4.74. The lowest BCUT2D eigenvalue weighted by Crippen LogP contribution is -2.09. The number of hydrogen-bond donors (Lipinski definition) is 1. The van der Waals surface area contributed by atoms with E-state index in [0.717, 1.165) is 19.1 Å². The van der Waals surface area contributed by atoms with Crippen molar-refractivity contribution in [2.24, 2.45) is 0 Å². The van der Waals surface area contributed by atoms with Crippen LogP contribution >= 0.6 is 0 Å². The number of carboxylic acids is 1. The van der Waals surface area contributed by atoms with E-state index < -0.39 is 5.97 Å². The molecule has 0 aliphatic heterocycles. The average Bonchev–Trinajstić information content (AvgIpc) is 2.21. The molecule has 0 unspecified atom stereocenters. The van der Waals surface area contributed by atoms with Crippen LogP contribution in [-0.4, -0.2) is 30.9 Å². The molecule has 88 valence electrons. The summed E-state index contributed by atoms with van der Waals surface area (Å²) in [4.78, 5) is 20.0. The summed E-state index contributed by atoms with van der Waals surface area (Å²) in [5, 5.41) is 8.72. The highest BCUT2D eigenvalue weighted by atomic mass is 17.2. The Balaban J connectivity index is 3.79. The lowest BCUT2D eigenvalue weighted by atomic mass is 10.3. The number of aliphatic carboxylic acids is 1. The molecule has 0 heterocycles. The van der Waals surface area contributed by atoms with E-state index in [4.69, 9.17) is 14.7 Å². The fourth-order valence-electron chi connectivity index (χ4n) is 0.702. The van der Waals surface area contributed by atoms with Crippen molar-refractivity contribution in [2.45, 2.75) is 26.7 Å². The van der Waals surface area contributed by atoms with Gasteiger partial charge in [-0.25, -0.2) is 4.79 Å². The first-order valence-electron chi connectivity index (χ1n) is 5.00. The minimum absolute atomic E-state index is 0.0168. The van der Waals surface area contributed by atoms with Crippen molar-refractivity contribution in [1.82, 2.24) is 0 Å². The van der Waals surface area contributed by atoms with Crippen molar-refractivity contribution in [3.8, 4) is 0 Å². The van der Waals surface area contributed by atoms with Gasteiger partial charge in [0.1, 0.15) is 11.8 Å². The molecule has 0 radical (unpaired) electrons. The average molecular weight is 218 g/mol. The van der Waals surface area contributed by atoms with E-state index in [9.17, 15) is 4.79 Å². The molecule has 0 bridgehead atoms. The third-order valence-corrected chi connectivity index (χ3v) is 1.58. The third-order valence-electron chi connectivity index (χ3n) is 1.58. The van der Waals surface area contributed by atoms with Gasteiger partial charge in [0, 0.05) is 6.61 Å². The highest BCUT2D eigenvalue weighted by Gasteiger charge is 2.07. The highest BCUT2D eigenvalue weighted by molar-refractivity contribution is 5.86. The topological polar surface area (TPSA) is 65.0 Å². The molecule has 0 atom stereocenters. The maximum atomic E-state index is 10.6. The molecule has 0 amide bonds. The van der Waals surface area contributed by atoms with Crippen LogP contribution in [0.3, 0.4) is 0 Å². The van der Waals surface area contributed by atoms with Gasteiger partial charge in [0.05, 0.1) is 13.2 Å². The Kier molecular flexibility index (Phi) is 8.81. The number of rotatable bonds is 9. The number of ether oxygens (including phenoxy) is 1. The predicted octanol–water partition coefficient (Wildman–Crippen LogP) is 1.74. The Hall–Kier alpha value is -1.07. The predicted molar refractivity (Wildman–Crippen MR) is 54.2 cm³/mol. The van der Waals surface area contributed by atoms with E-state index in [-0.39, 0.29) is 12.2 Å². The van der Waals surface area contributed by atoms with Crippen molar-refractivity contribution in [3.05, 3.63) is 11.8 Å². The van der Waals surface area contributed by atoms with E-state index in [0.29, 0.717) is 13.2 Å². The van der Waals surface area contributed by atoms with Crippen LogP contribution in [0.25, 0.3) is 0 Å². The van der Waals surface area contributed by atoms with Gasteiger partial charge in [-0.15, -0.1) is 0 Å². The molecular weight excluding hydrogens is 200 g/mol. The van der Waals surface area contributed by atoms with Gasteiger partial charge in [0.25, 0.3) is 0 Å². The first-order valence-corrected chi connectivity index (χ1v) is 5.00. The Morgan fingerprint density at radius 3 is 2.67 bits per heavy atom. The number of unbranched alkanes of at least 4 members (excludes halogenated alkanes) is 1. The summed E-state index contributed by atoms with van der Waals surface area (Å²) < 4.78 is 4.95. The number of carbonyl (C=O) groups is 1. The molecule has 0 spiro atoms. The lowest BCUT2D eigenvalue weighted by molar-refractivity contribution is -0.250. The van der Waals surface area contributed by atoms with E-state index in [1.807, 2.05) is 6.92 Å².